The Hall–Kier alpha value is -3.02. The fourth-order valence-corrected chi connectivity index (χ4v) is 4.68. The van der Waals surface area contributed by atoms with Crippen molar-refractivity contribution in [2.45, 2.75) is 130 Å². The van der Waals surface area contributed by atoms with E-state index in [2.05, 4.69) is 93.3 Å². The third-order valence-corrected chi connectivity index (χ3v) is 7.10. The van der Waals surface area contributed by atoms with E-state index in [1.807, 2.05) is 24.3 Å². The van der Waals surface area contributed by atoms with Gasteiger partial charge in [0.2, 0.25) is 0 Å². The third-order valence-electron chi connectivity index (χ3n) is 7.10. The molecule has 220 valence electrons. The molecule has 2 N–H and O–H groups in total. The normalized spacial score (nSPS) is 13.2. The van der Waals surface area contributed by atoms with Crippen LogP contribution >= 0.6 is 0 Å². The largest absolute Gasteiger partial charge is 0.507 e. The Morgan fingerprint density at radius 3 is 0.950 bits per heavy atom. The molecule has 0 bridgehead atoms. The maximum atomic E-state index is 12.5. The molecular formula is C34H50N2O4. The van der Waals surface area contributed by atoms with E-state index in [0.29, 0.717) is 24.3 Å². The molecule has 40 heavy (non-hydrogen) atoms. The number of carbonyl (C=O) groups excluding carboxylic acids is 2. The predicted molar refractivity (Wildman–Crippen MR) is 163 cm³/mol. The highest BCUT2D eigenvalue weighted by Crippen LogP contribution is 2.41. The molecule has 0 unspecified atom stereocenters. The minimum absolute atomic E-state index is 0.122. The van der Waals surface area contributed by atoms with Crippen LogP contribution in [0, 0.1) is 0 Å². The number of amides is 2. The zero-order valence-corrected chi connectivity index (χ0v) is 26.7. The number of rotatable bonds is 6. The van der Waals surface area contributed by atoms with Crippen molar-refractivity contribution in [3.63, 3.8) is 0 Å². The molecular weight excluding hydrogens is 500 g/mol. The predicted octanol–water partition coefficient (Wildman–Crippen LogP) is 8.36. The quantitative estimate of drug-likeness (QED) is 0.353. The van der Waals surface area contributed by atoms with Gasteiger partial charge in [0.15, 0.2) is 0 Å². The monoisotopic (exact) mass is 550 g/mol. The summed E-state index contributed by atoms with van der Waals surface area (Å²) in [6.07, 6.45) is 1.13. The van der Waals surface area contributed by atoms with Crippen LogP contribution in [0.25, 0.3) is 0 Å². The third kappa shape index (κ3) is 8.74. The Labute approximate surface area is 241 Å². The molecule has 2 aromatic rings. The van der Waals surface area contributed by atoms with Gasteiger partial charge in [-0.25, -0.2) is 0 Å². The highest BCUT2D eigenvalue weighted by molar-refractivity contribution is 5.81. The fourth-order valence-electron chi connectivity index (χ4n) is 4.68. The van der Waals surface area contributed by atoms with E-state index in [0.717, 1.165) is 33.4 Å². The molecule has 0 aliphatic heterocycles. The smallest absolute Gasteiger partial charge is 0.265 e. The molecule has 6 heteroatoms. The van der Waals surface area contributed by atoms with Gasteiger partial charge in [-0.3, -0.25) is 9.59 Å². The fraction of sp³-hybridized carbons (Fsp3) is 0.588. The van der Waals surface area contributed by atoms with E-state index >= 15 is 0 Å². The van der Waals surface area contributed by atoms with E-state index in [1.165, 1.54) is 0 Å². The zero-order chi connectivity index (χ0) is 30.8. The Balaban J connectivity index is 2.12. The van der Waals surface area contributed by atoms with Crippen molar-refractivity contribution in [1.29, 1.82) is 0 Å². The number of benzene rings is 2. The SMILES string of the molecule is CC(C)(C)c1cc(CCC(=O)N=NC(=O)CCc2cc(C(C)(C)C)c(O)c(C(C)(C)C)c2)cc(C(C)(C)C)c1O. The molecule has 0 aliphatic carbocycles. The minimum atomic E-state index is -0.453. The lowest BCUT2D eigenvalue weighted by molar-refractivity contribution is -0.122. The molecule has 0 fully saturated rings. The van der Waals surface area contributed by atoms with Crippen LogP contribution in [-0.4, -0.2) is 22.0 Å². The van der Waals surface area contributed by atoms with Crippen molar-refractivity contribution in [3.05, 3.63) is 57.6 Å². The van der Waals surface area contributed by atoms with Crippen molar-refractivity contribution in [2.75, 3.05) is 0 Å². The summed E-state index contributed by atoms with van der Waals surface area (Å²) in [5.41, 5.74) is 4.25. The topological polar surface area (TPSA) is 99.3 Å². The van der Waals surface area contributed by atoms with Crippen LogP contribution in [0.3, 0.4) is 0 Å². The van der Waals surface area contributed by atoms with Gasteiger partial charge in [-0.1, -0.05) is 107 Å². The number of hydrogen-bond donors (Lipinski definition) is 2. The Kier molecular flexibility index (Phi) is 9.82. The zero-order valence-electron chi connectivity index (χ0n) is 26.7. The summed E-state index contributed by atoms with van der Waals surface area (Å²) in [6.45, 7) is 24.6. The van der Waals surface area contributed by atoms with Crippen molar-refractivity contribution >= 4 is 11.8 Å². The van der Waals surface area contributed by atoms with Gasteiger partial charge in [0, 0.05) is 12.8 Å². The van der Waals surface area contributed by atoms with Gasteiger partial charge >= 0.3 is 0 Å². The molecule has 0 aromatic heterocycles. The second-order valence-electron chi connectivity index (χ2n) is 15.1. The molecule has 0 aliphatic rings. The second-order valence-corrected chi connectivity index (χ2v) is 15.1. The summed E-state index contributed by atoms with van der Waals surface area (Å²) in [4.78, 5) is 25.0. The summed E-state index contributed by atoms with van der Waals surface area (Å²) in [6, 6.07) is 7.82. The number of carbonyl (C=O) groups is 2. The van der Waals surface area contributed by atoms with Gasteiger partial charge in [-0.15, -0.1) is 10.2 Å². The van der Waals surface area contributed by atoms with Gasteiger partial charge in [-0.05, 0) is 67.9 Å². The molecule has 2 aromatic carbocycles. The Morgan fingerprint density at radius 1 is 0.525 bits per heavy atom. The van der Waals surface area contributed by atoms with Gasteiger partial charge < -0.3 is 10.2 Å². The molecule has 0 heterocycles. The first-order valence-electron chi connectivity index (χ1n) is 14.2. The summed E-state index contributed by atoms with van der Waals surface area (Å²) in [7, 11) is 0. The highest BCUT2D eigenvalue weighted by atomic mass is 16.3. The lowest BCUT2D eigenvalue weighted by Crippen LogP contribution is -2.18. The van der Waals surface area contributed by atoms with E-state index in [4.69, 9.17) is 0 Å². The molecule has 0 saturated carbocycles. The van der Waals surface area contributed by atoms with Gasteiger partial charge in [0.1, 0.15) is 11.5 Å². The van der Waals surface area contributed by atoms with Crippen LogP contribution < -0.4 is 0 Å². The molecule has 2 rings (SSSR count). The van der Waals surface area contributed by atoms with E-state index in [1.54, 1.807) is 0 Å². The number of aromatic hydroxyl groups is 2. The van der Waals surface area contributed by atoms with Crippen molar-refractivity contribution in [3.8, 4) is 11.5 Å². The Morgan fingerprint density at radius 2 is 0.750 bits per heavy atom. The lowest BCUT2D eigenvalue weighted by Gasteiger charge is -2.28. The van der Waals surface area contributed by atoms with Crippen LogP contribution in [0.1, 0.15) is 129 Å². The number of azo groups is 1. The maximum absolute atomic E-state index is 12.5. The molecule has 0 radical (unpaired) electrons. The lowest BCUT2D eigenvalue weighted by atomic mass is 9.78. The van der Waals surface area contributed by atoms with Gasteiger partial charge in [0.25, 0.3) is 11.8 Å². The highest BCUT2D eigenvalue weighted by Gasteiger charge is 2.28. The van der Waals surface area contributed by atoms with Crippen molar-refractivity contribution < 1.29 is 19.8 Å². The van der Waals surface area contributed by atoms with E-state index < -0.39 is 11.8 Å². The molecule has 0 saturated heterocycles. The maximum Gasteiger partial charge on any atom is 0.265 e. The molecule has 6 nitrogen and oxygen atoms in total. The van der Waals surface area contributed by atoms with E-state index in [9.17, 15) is 19.8 Å². The van der Waals surface area contributed by atoms with Crippen LogP contribution in [0.4, 0.5) is 0 Å². The Bertz CT molecular complexity index is 1110. The summed E-state index contributed by atoms with van der Waals surface area (Å²) >= 11 is 0. The second kappa shape index (κ2) is 11.8. The first kappa shape index (κ1) is 33.2. The van der Waals surface area contributed by atoms with Crippen LogP contribution in [-0.2, 0) is 44.1 Å². The number of phenols is 2. The van der Waals surface area contributed by atoms with Gasteiger partial charge in [-0.2, -0.15) is 0 Å². The number of hydrogen-bond acceptors (Lipinski definition) is 4. The van der Waals surface area contributed by atoms with Crippen molar-refractivity contribution in [1.82, 2.24) is 0 Å². The van der Waals surface area contributed by atoms with E-state index in [-0.39, 0.29) is 34.5 Å². The molecule has 0 atom stereocenters. The number of aryl methyl sites for hydroxylation is 2. The summed E-state index contributed by atoms with van der Waals surface area (Å²) in [5.74, 6) is -0.298. The molecule has 2 amide bonds. The number of phenolic OH excluding ortho intramolecular Hbond substituents is 2. The summed E-state index contributed by atoms with van der Waals surface area (Å²) < 4.78 is 0. The summed E-state index contributed by atoms with van der Waals surface area (Å²) in [5, 5.41) is 29.2. The van der Waals surface area contributed by atoms with Gasteiger partial charge in [0.05, 0.1) is 0 Å². The van der Waals surface area contributed by atoms with Crippen LogP contribution in [0.15, 0.2) is 34.5 Å². The number of nitrogens with zero attached hydrogens (tertiary/aromatic N) is 2. The van der Waals surface area contributed by atoms with Crippen molar-refractivity contribution in [2.24, 2.45) is 10.2 Å². The standard InChI is InChI=1S/C34H50N2O4/c1-31(2,3)23-17-21(18-24(29(23)39)32(4,5)6)13-15-27(37)35-36-28(38)16-14-22-19-25(33(7,8)9)30(40)26(20-22)34(10,11)12/h17-20,39-40H,13-16H2,1-12H3. The average molecular weight is 551 g/mol. The van der Waals surface area contributed by atoms with Crippen LogP contribution in [0.2, 0.25) is 0 Å². The first-order chi connectivity index (χ1) is 18.0. The minimum Gasteiger partial charge on any atom is -0.507 e. The average Bonchev–Trinajstić information content (AvgIpc) is 2.78. The molecule has 0 spiro atoms. The van der Waals surface area contributed by atoms with Crippen LogP contribution in [0.5, 0.6) is 11.5 Å². The first-order valence-corrected chi connectivity index (χ1v) is 14.2.